The van der Waals surface area contributed by atoms with Gasteiger partial charge in [0.05, 0.1) is 6.26 Å². The highest BCUT2D eigenvalue weighted by molar-refractivity contribution is 6.03. The number of rotatable bonds is 4. The van der Waals surface area contributed by atoms with Crippen molar-refractivity contribution in [1.29, 1.82) is 0 Å². The first kappa shape index (κ1) is 18.5. The van der Waals surface area contributed by atoms with Crippen molar-refractivity contribution in [2.45, 2.75) is 40.0 Å². The number of anilines is 1. The molecule has 2 bridgehead atoms. The molecule has 146 valence electrons. The number of carbonyl (C=O) groups is 2. The summed E-state index contributed by atoms with van der Waals surface area (Å²) in [4.78, 5) is 24.5. The largest absolute Gasteiger partial charge is 0.459 e. The minimum atomic E-state index is -0.333. The number of hydrogen-bond acceptors (Lipinski definition) is 4. The third-order valence-electron chi connectivity index (χ3n) is 6.95. The summed E-state index contributed by atoms with van der Waals surface area (Å²) in [5.41, 5.74) is 5.19. The number of carbonyl (C=O) groups excluding carboxylic acids is 2. The molecular weight excluding hydrogens is 354 g/mol. The van der Waals surface area contributed by atoms with Gasteiger partial charge in [0, 0.05) is 22.4 Å². The molecule has 2 aliphatic carbocycles. The first-order chi connectivity index (χ1) is 13.3. The van der Waals surface area contributed by atoms with E-state index in [0.29, 0.717) is 17.2 Å². The van der Waals surface area contributed by atoms with Gasteiger partial charge in [-0.2, -0.15) is 5.10 Å². The summed E-state index contributed by atoms with van der Waals surface area (Å²) in [6.45, 7) is 6.89. The predicted octanol–water partition coefficient (Wildman–Crippen LogP) is 4.46. The number of hydrogen-bond donors (Lipinski definition) is 2. The second-order valence-corrected chi connectivity index (χ2v) is 8.50. The fraction of sp³-hybridized carbons (Fsp3) is 0.409. The van der Waals surface area contributed by atoms with E-state index in [4.69, 9.17) is 4.42 Å². The smallest absolute Gasteiger partial charge is 0.291 e. The number of nitrogens with zero attached hydrogens (tertiary/aromatic N) is 1. The number of benzene rings is 1. The highest BCUT2D eigenvalue weighted by Gasteiger charge is 2.60. The molecule has 2 N–H and O–H groups in total. The summed E-state index contributed by atoms with van der Waals surface area (Å²) in [5.74, 6) is 0.298. The summed E-state index contributed by atoms with van der Waals surface area (Å²) in [6.07, 6.45) is 4.77. The lowest BCUT2D eigenvalue weighted by molar-refractivity contribution is 0.0953. The summed E-state index contributed by atoms with van der Waals surface area (Å²) >= 11 is 0. The van der Waals surface area contributed by atoms with Gasteiger partial charge in [0.2, 0.25) is 0 Å². The van der Waals surface area contributed by atoms with Gasteiger partial charge >= 0.3 is 0 Å². The number of hydrazone groups is 1. The average Bonchev–Trinajstić information content (AvgIpc) is 3.33. The maximum Gasteiger partial charge on any atom is 0.291 e. The Morgan fingerprint density at radius 3 is 2.43 bits per heavy atom. The van der Waals surface area contributed by atoms with E-state index in [9.17, 15) is 9.59 Å². The second kappa shape index (κ2) is 6.62. The molecule has 0 spiro atoms. The van der Waals surface area contributed by atoms with E-state index in [1.165, 1.54) is 12.7 Å². The monoisotopic (exact) mass is 379 g/mol. The van der Waals surface area contributed by atoms with E-state index < -0.39 is 0 Å². The Bertz CT molecular complexity index is 928. The normalized spacial score (nSPS) is 26.4. The Kier molecular flexibility index (Phi) is 4.37. The van der Waals surface area contributed by atoms with E-state index >= 15 is 0 Å². The fourth-order valence-electron chi connectivity index (χ4n) is 4.59. The van der Waals surface area contributed by atoms with Crippen LogP contribution in [0.2, 0.25) is 0 Å². The van der Waals surface area contributed by atoms with Gasteiger partial charge in [-0.1, -0.05) is 20.8 Å². The molecule has 4 rings (SSSR count). The second-order valence-electron chi connectivity index (χ2n) is 8.50. The van der Waals surface area contributed by atoms with E-state index in [1.54, 1.807) is 36.4 Å². The zero-order valence-electron chi connectivity index (χ0n) is 16.4. The summed E-state index contributed by atoms with van der Waals surface area (Å²) < 4.78 is 5.06. The Morgan fingerprint density at radius 2 is 1.86 bits per heavy atom. The van der Waals surface area contributed by atoms with Crippen molar-refractivity contribution < 1.29 is 14.0 Å². The molecule has 2 amide bonds. The first-order valence-corrected chi connectivity index (χ1v) is 9.63. The van der Waals surface area contributed by atoms with Gasteiger partial charge in [-0.05, 0) is 67.0 Å². The molecule has 2 aliphatic rings. The third kappa shape index (κ3) is 2.93. The standard InChI is InChI=1S/C22H25N3O3/c1-21(2)15-10-11-22(21,3)18(13-15)24-25-19(26)14-6-8-16(9-7-14)23-20(27)17-5-4-12-28-17/h4-9,12,15H,10-11,13H2,1-3H3,(H,23,27)(H,25,26)/b24-18+/t15-,22+/m0/s1. The lowest BCUT2D eigenvalue weighted by Gasteiger charge is -2.34. The molecule has 2 saturated carbocycles. The van der Waals surface area contributed by atoms with Crippen molar-refractivity contribution in [1.82, 2.24) is 5.43 Å². The molecule has 2 aromatic rings. The molecule has 28 heavy (non-hydrogen) atoms. The molecular formula is C22H25N3O3. The molecule has 0 radical (unpaired) electrons. The maximum absolute atomic E-state index is 12.5. The van der Waals surface area contributed by atoms with E-state index in [2.05, 4.69) is 36.6 Å². The van der Waals surface area contributed by atoms with Crippen LogP contribution in [0.3, 0.4) is 0 Å². The van der Waals surface area contributed by atoms with Crippen molar-refractivity contribution in [3.8, 4) is 0 Å². The topological polar surface area (TPSA) is 83.7 Å². The summed E-state index contributed by atoms with van der Waals surface area (Å²) in [5, 5.41) is 7.22. The van der Waals surface area contributed by atoms with Crippen molar-refractivity contribution in [2.75, 3.05) is 5.32 Å². The van der Waals surface area contributed by atoms with Gasteiger partial charge < -0.3 is 9.73 Å². The van der Waals surface area contributed by atoms with Crippen LogP contribution in [0.4, 0.5) is 5.69 Å². The molecule has 2 atom stereocenters. The molecule has 1 aromatic carbocycles. The molecule has 6 nitrogen and oxygen atoms in total. The molecule has 0 unspecified atom stereocenters. The van der Waals surface area contributed by atoms with Crippen LogP contribution in [0.15, 0.2) is 52.2 Å². The summed E-state index contributed by atoms with van der Waals surface area (Å²) in [6, 6.07) is 9.95. The van der Waals surface area contributed by atoms with Crippen molar-refractivity contribution >= 4 is 23.2 Å². The van der Waals surface area contributed by atoms with E-state index in [0.717, 1.165) is 18.6 Å². The van der Waals surface area contributed by atoms with Crippen LogP contribution < -0.4 is 10.7 Å². The van der Waals surface area contributed by atoms with E-state index in [1.807, 2.05) is 0 Å². The Balaban J connectivity index is 1.40. The van der Waals surface area contributed by atoms with Crippen LogP contribution in [0.5, 0.6) is 0 Å². The van der Waals surface area contributed by atoms with Crippen LogP contribution in [0, 0.1) is 16.7 Å². The number of fused-ring (bicyclic) bond motifs is 2. The number of nitrogens with one attached hydrogen (secondary N) is 2. The number of furan rings is 1. The van der Waals surface area contributed by atoms with Gasteiger partial charge in [0.15, 0.2) is 5.76 Å². The summed E-state index contributed by atoms with van der Waals surface area (Å²) in [7, 11) is 0. The maximum atomic E-state index is 12.5. The Morgan fingerprint density at radius 1 is 1.11 bits per heavy atom. The van der Waals surface area contributed by atoms with Gasteiger partial charge in [-0.15, -0.1) is 0 Å². The van der Waals surface area contributed by atoms with Crippen molar-refractivity contribution in [3.05, 3.63) is 54.0 Å². The third-order valence-corrected chi connectivity index (χ3v) is 6.95. The lowest BCUT2D eigenvalue weighted by atomic mass is 9.70. The molecule has 6 heteroatoms. The van der Waals surface area contributed by atoms with Gasteiger partial charge in [-0.25, -0.2) is 5.43 Å². The molecule has 0 aliphatic heterocycles. The first-order valence-electron chi connectivity index (χ1n) is 9.63. The molecule has 0 saturated heterocycles. The van der Waals surface area contributed by atoms with Gasteiger partial charge in [-0.3, -0.25) is 9.59 Å². The molecule has 2 fully saturated rings. The SMILES string of the molecule is CC1(C)[C@H]2CC[C@]1(C)/C(=N/NC(=O)c1ccc(NC(=O)c3ccco3)cc1)C2. The highest BCUT2D eigenvalue weighted by Crippen LogP contribution is 2.63. The van der Waals surface area contributed by atoms with Crippen LogP contribution in [0.1, 0.15) is 60.9 Å². The highest BCUT2D eigenvalue weighted by atomic mass is 16.3. The fourth-order valence-corrected chi connectivity index (χ4v) is 4.59. The van der Waals surface area contributed by atoms with Gasteiger partial charge in [0.25, 0.3) is 11.8 Å². The van der Waals surface area contributed by atoms with Crippen LogP contribution in [-0.2, 0) is 0 Å². The minimum absolute atomic E-state index is 0.0605. The quantitative estimate of drug-likeness (QED) is 0.769. The predicted molar refractivity (Wildman–Crippen MR) is 107 cm³/mol. The number of amides is 2. The Labute approximate surface area is 164 Å². The van der Waals surface area contributed by atoms with Crippen molar-refractivity contribution in [2.24, 2.45) is 21.8 Å². The van der Waals surface area contributed by atoms with Crippen LogP contribution in [-0.4, -0.2) is 17.5 Å². The van der Waals surface area contributed by atoms with E-state index in [-0.39, 0.29) is 28.4 Å². The molecule has 1 heterocycles. The van der Waals surface area contributed by atoms with Gasteiger partial charge in [0.1, 0.15) is 0 Å². The molecule has 1 aromatic heterocycles. The van der Waals surface area contributed by atoms with Crippen LogP contribution >= 0.6 is 0 Å². The zero-order valence-corrected chi connectivity index (χ0v) is 16.4. The zero-order chi connectivity index (χ0) is 19.9. The Hall–Kier alpha value is -2.89. The van der Waals surface area contributed by atoms with Crippen LogP contribution in [0.25, 0.3) is 0 Å². The minimum Gasteiger partial charge on any atom is -0.459 e. The lowest BCUT2D eigenvalue weighted by Crippen LogP contribution is -2.34. The van der Waals surface area contributed by atoms with Crippen molar-refractivity contribution in [3.63, 3.8) is 0 Å². The average molecular weight is 379 g/mol.